The van der Waals surface area contributed by atoms with Crippen molar-refractivity contribution < 1.29 is 0 Å². The summed E-state index contributed by atoms with van der Waals surface area (Å²) in [5, 5.41) is 3.85. The second kappa shape index (κ2) is 7.09. The van der Waals surface area contributed by atoms with Crippen molar-refractivity contribution in [2.75, 3.05) is 19.6 Å². The molecule has 0 amide bonds. The Morgan fingerprint density at radius 3 is 2.55 bits per heavy atom. The van der Waals surface area contributed by atoms with Crippen molar-refractivity contribution in [1.29, 1.82) is 0 Å². The van der Waals surface area contributed by atoms with Crippen molar-refractivity contribution in [1.82, 2.24) is 10.2 Å². The summed E-state index contributed by atoms with van der Waals surface area (Å²) in [5.41, 5.74) is 1.75. The first kappa shape index (κ1) is 16.0. The molecule has 2 rings (SSSR count). The van der Waals surface area contributed by atoms with Crippen molar-refractivity contribution in [3.8, 4) is 0 Å². The van der Waals surface area contributed by atoms with Crippen LogP contribution < -0.4 is 5.32 Å². The van der Waals surface area contributed by atoms with Gasteiger partial charge in [-0.25, -0.2) is 0 Å². The molecule has 0 aromatic heterocycles. The summed E-state index contributed by atoms with van der Waals surface area (Å²) in [7, 11) is 0. The second-order valence-corrected chi connectivity index (χ2v) is 7.47. The minimum absolute atomic E-state index is 0.306. The van der Waals surface area contributed by atoms with E-state index in [4.69, 9.17) is 0 Å². The van der Waals surface area contributed by atoms with Crippen LogP contribution in [0.1, 0.15) is 66.2 Å². The molecular formula is C18H34N2. The summed E-state index contributed by atoms with van der Waals surface area (Å²) < 4.78 is 0. The summed E-state index contributed by atoms with van der Waals surface area (Å²) in [6.45, 7) is 12.7. The van der Waals surface area contributed by atoms with E-state index in [0.717, 1.165) is 18.5 Å². The molecule has 2 fully saturated rings. The molecule has 2 aliphatic rings. The van der Waals surface area contributed by atoms with E-state index in [9.17, 15) is 0 Å². The third-order valence-corrected chi connectivity index (χ3v) is 5.47. The van der Waals surface area contributed by atoms with Crippen molar-refractivity contribution in [3.05, 3.63) is 11.6 Å². The Balaban J connectivity index is 2.05. The predicted molar refractivity (Wildman–Crippen MR) is 88.1 cm³/mol. The lowest BCUT2D eigenvalue weighted by Crippen LogP contribution is -2.64. The van der Waals surface area contributed by atoms with E-state index < -0.39 is 0 Å². The fourth-order valence-corrected chi connectivity index (χ4v) is 3.82. The van der Waals surface area contributed by atoms with Gasteiger partial charge in [0, 0.05) is 31.2 Å². The van der Waals surface area contributed by atoms with Crippen LogP contribution >= 0.6 is 0 Å². The summed E-state index contributed by atoms with van der Waals surface area (Å²) in [6, 6.07) is 0.755. The standard InChI is InChI=1S/C18H34N2/c1-5-18(4)14-20(12-11-15(2)3)17(13-19-18)16-9-7-6-8-10-16/h11,16-17,19H,5-10,12-14H2,1-4H3. The third-order valence-electron chi connectivity index (χ3n) is 5.47. The first-order valence-corrected chi connectivity index (χ1v) is 8.66. The second-order valence-electron chi connectivity index (χ2n) is 7.47. The minimum Gasteiger partial charge on any atom is -0.309 e. The predicted octanol–water partition coefficient (Wildman–Crippen LogP) is 3.98. The average molecular weight is 278 g/mol. The summed E-state index contributed by atoms with van der Waals surface area (Å²) in [4.78, 5) is 2.77. The lowest BCUT2D eigenvalue weighted by molar-refractivity contribution is 0.0496. The molecule has 2 nitrogen and oxygen atoms in total. The Labute approximate surface area is 126 Å². The number of hydrogen-bond donors (Lipinski definition) is 1. The fraction of sp³-hybridized carbons (Fsp3) is 0.889. The SMILES string of the molecule is CCC1(C)CN(CC=C(C)C)C(C2CCCCC2)CN1. The molecule has 1 heterocycles. The van der Waals surface area contributed by atoms with Crippen LogP contribution in [-0.4, -0.2) is 36.1 Å². The Hall–Kier alpha value is -0.340. The highest BCUT2D eigenvalue weighted by atomic mass is 15.3. The topological polar surface area (TPSA) is 15.3 Å². The molecule has 0 aromatic carbocycles. The maximum Gasteiger partial charge on any atom is 0.0278 e. The highest BCUT2D eigenvalue weighted by molar-refractivity contribution is 5.02. The number of allylic oxidation sites excluding steroid dienone is 1. The lowest BCUT2D eigenvalue weighted by atomic mass is 9.80. The van der Waals surface area contributed by atoms with E-state index in [0.29, 0.717) is 5.54 Å². The molecular weight excluding hydrogens is 244 g/mol. The average Bonchev–Trinajstić information content (AvgIpc) is 2.46. The number of nitrogens with one attached hydrogen (secondary N) is 1. The van der Waals surface area contributed by atoms with Crippen LogP contribution in [0.15, 0.2) is 11.6 Å². The van der Waals surface area contributed by atoms with Crippen LogP contribution in [0.25, 0.3) is 0 Å². The van der Waals surface area contributed by atoms with Gasteiger partial charge in [-0.05, 0) is 46.0 Å². The zero-order chi connectivity index (χ0) is 14.6. The molecule has 116 valence electrons. The highest BCUT2D eigenvalue weighted by Crippen LogP contribution is 2.32. The smallest absolute Gasteiger partial charge is 0.0278 e. The van der Waals surface area contributed by atoms with E-state index >= 15 is 0 Å². The maximum atomic E-state index is 3.85. The Bertz CT molecular complexity index is 326. The molecule has 0 radical (unpaired) electrons. The minimum atomic E-state index is 0.306. The van der Waals surface area contributed by atoms with Crippen molar-refractivity contribution in [2.45, 2.75) is 77.8 Å². The quantitative estimate of drug-likeness (QED) is 0.783. The summed E-state index contributed by atoms with van der Waals surface area (Å²) in [5.74, 6) is 0.920. The molecule has 1 saturated carbocycles. The van der Waals surface area contributed by atoms with Gasteiger partial charge in [-0.3, -0.25) is 4.90 Å². The van der Waals surface area contributed by atoms with Gasteiger partial charge in [-0.1, -0.05) is 37.8 Å². The van der Waals surface area contributed by atoms with Crippen LogP contribution in [0.2, 0.25) is 0 Å². The lowest BCUT2D eigenvalue weighted by Gasteiger charge is -2.49. The molecule has 0 aromatic rings. The first-order valence-electron chi connectivity index (χ1n) is 8.66. The zero-order valence-corrected chi connectivity index (χ0v) is 14.0. The van der Waals surface area contributed by atoms with E-state index in [1.807, 2.05) is 0 Å². The monoisotopic (exact) mass is 278 g/mol. The van der Waals surface area contributed by atoms with Crippen molar-refractivity contribution in [2.24, 2.45) is 5.92 Å². The molecule has 1 aliphatic carbocycles. The van der Waals surface area contributed by atoms with Crippen LogP contribution in [0.4, 0.5) is 0 Å². The van der Waals surface area contributed by atoms with E-state index in [-0.39, 0.29) is 0 Å². The molecule has 1 N–H and O–H groups in total. The third kappa shape index (κ3) is 4.08. The number of nitrogens with zero attached hydrogens (tertiary/aromatic N) is 1. The normalized spacial score (nSPS) is 33.1. The molecule has 20 heavy (non-hydrogen) atoms. The molecule has 0 spiro atoms. The van der Waals surface area contributed by atoms with Gasteiger partial charge in [-0.15, -0.1) is 0 Å². The number of hydrogen-bond acceptors (Lipinski definition) is 2. The van der Waals surface area contributed by atoms with Crippen LogP contribution in [0, 0.1) is 5.92 Å². The van der Waals surface area contributed by atoms with Gasteiger partial charge < -0.3 is 5.32 Å². The number of piperazine rings is 1. The highest BCUT2D eigenvalue weighted by Gasteiger charge is 2.37. The number of rotatable bonds is 4. The molecule has 2 unspecified atom stereocenters. The van der Waals surface area contributed by atoms with Gasteiger partial charge in [0.05, 0.1) is 0 Å². The molecule has 1 saturated heterocycles. The molecule has 2 atom stereocenters. The van der Waals surface area contributed by atoms with Gasteiger partial charge >= 0.3 is 0 Å². The Kier molecular flexibility index (Phi) is 5.68. The van der Waals surface area contributed by atoms with E-state index in [2.05, 4.69) is 44.0 Å². The Morgan fingerprint density at radius 1 is 1.25 bits per heavy atom. The van der Waals surface area contributed by atoms with Gasteiger partial charge in [0.1, 0.15) is 0 Å². The molecule has 1 aliphatic heterocycles. The van der Waals surface area contributed by atoms with E-state index in [1.165, 1.54) is 57.2 Å². The first-order chi connectivity index (χ1) is 9.54. The summed E-state index contributed by atoms with van der Waals surface area (Å²) in [6.07, 6.45) is 10.9. The summed E-state index contributed by atoms with van der Waals surface area (Å²) >= 11 is 0. The molecule has 2 heteroatoms. The van der Waals surface area contributed by atoms with Gasteiger partial charge in [0.15, 0.2) is 0 Å². The largest absolute Gasteiger partial charge is 0.309 e. The van der Waals surface area contributed by atoms with Crippen LogP contribution in [-0.2, 0) is 0 Å². The van der Waals surface area contributed by atoms with Crippen LogP contribution in [0.5, 0.6) is 0 Å². The maximum absolute atomic E-state index is 3.85. The van der Waals surface area contributed by atoms with Crippen molar-refractivity contribution in [3.63, 3.8) is 0 Å². The van der Waals surface area contributed by atoms with E-state index in [1.54, 1.807) is 0 Å². The fourth-order valence-electron chi connectivity index (χ4n) is 3.82. The van der Waals surface area contributed by atoms with Gasteiger partial charge in [0.25, 0.3) is 0 Å². The van der Waals surface area contributed by atoms with Crippen molar-refractivity contribution >= 4 is 0 Å². The molecule has 0 bridgehead atoms. The van der Waals surface area contributed by atoms with Gasteiger partial charge in [-0.2, -0.15) is 0 Å². The van der Waals surface area contributed by atoms with Gasteiger partial charge in [0.2, 0.25) is 0 Å². The Morgan fingerprint density at radius 2 is 1.95 bits per heavy atom. The van der Waals surface area contributed by atoms with Crippen LogP contribution in [0.3, 0.4) is 0 Å². The zero-order valence-electron chi connectivity index (χ0n) is 14.0.